The quantitative estimate of drug-likeness (QED) is 0.673. The molecule has 0 amide bonds. The molecular weight excluding hydrogens is 316 g/mol. The molecule has 4 N–H and O–H groups in total. The number of aromatic amines is 1. The second-order valence-electron chi connectivity index (χ2n) is 7.03. The summed E-state index contributed by atoms with van der Waals surface area (Å²) in [5, 5.41) is 15.5. The summed E-state index contributed by atoms with van der Waals surface area (Å²) in [5.74, 6) is 2.96. The van der Waals surface area contributed by atoms with Crippen molar-refractivity contribution >= 4 is 23.1 Å². The molecule has 1 aliphatic carbocycles. The van der Waals surface area contributed by atoms with Crippen molar-refractivity contribution in [3.8, 4) is 0 Å². The molecule has 1 saturated heterocycles. The Bertz CT molecular complexity index is 885. The van der Waals surface area contributed by atoms with E-state index in [-0.39, 0.29) is 6.04 Å². The first kappa shape index (κ1) is 14.7. The Morgan fingerprint density at radius 1 is 1.20 bits per heavy atom. The minimum Gasteiger partial charge on any atom is -0.339 e. The van der Waals surface area contributed by atoms with Crippen LogP contribution in [0.4, 0.5) is 17.6 Å². The molecule has 0 radical (unpaired) electrons. The van der Waals surface area contributed by atoms with Gasteiger partial charge in [-0.05, 0) is 37.8 Å². The Morgan fingerprint density at radius 3 is 2.84 bits per heavy atom. The Morgan fingerprint density at radius 2 is 2.04 bits per heavy atom. The van der Waals surface area contributed by atoms with E-state index in [1.807, 2.05) is 22.8 Å². The third kappa shape index (κ3) is 2.82. The van der Waals surface area contributed by atoms with Crippen LogP contribution >= 0.6 is 0 Å². The summed E-state index contributed by atoms with van der Waals surface area (Å²) in [6, 6.07) is 6.35. The number of nitrogens with two attached hydrogens (primary N) is 1. The number of anilines is 3. The predicted octanol–water partition coefficient (Wildman–Crippen LogP) is 2.00. The molecule has 0 unspecified atom stereocenters. The standard InChI is InChI=1S/C17H22N8/c18-12-5-8-24(9-6-12)17-20-16(14-2-1-7-25(14)23-17)19-15-10-13(21-22-15)11-3-4-11/h1-2,7,10-12H,3-6,8-9,18H2,(H2,19,20,21,22,23). The molecule has 3 aromatic rings. The lowest BCUT2D eigenvalue weighted by Crippen LogP contribution is -2.40. The molecule has 1 saturated carbocycles. The van der Waals surface area contributed by atoms with Crippen LogP contribution < -0.4 is 16.0 Å². The van der Waals surface area contributed by atoms with Gasteiger partial charge in [-0.1, -0.05) is 0 Å². The van der Waals surface area contributed by atoms with Gasteiger partial charge in [-0.2, -0.15) is 10.1 Å². The number of hydrogen-bond acceptors (Lipinski definition) is 6. The molecule has 3 aromatic heterocycles. The van der Waals surface area contributed by atoms with E-state index in [0.29, 0.717) is 5.92 Å². The Kier molecular flexibility index (Phi) is 3.37. The van der Waals surface area contributed by atoms with Gasteiger partial charge < -0.3 is 16.0 Å². The van der Waals surface area contributed by atoms with E-state index in [9.17, 15) is 0 Å². The first-order valence-corrected chi connectivity index (χ1v) is 8.94. The number of piperidine rings is 1. The highest BCUT2D eigenvalue weighted by molar-refractivity contribution is 5.73. The molecular formula is C17H22N8. The lowest BCUT2D eigenvalue weighted by atomic mass is 10.1. The molecule has 5 rings (SSSR count). The van der Waals surface area contributed by atoms with Gasteiger partial charge in [0.15, 0.2) is 11.6 Å². The van der Waals surface area contributed by atoms with Crippen molar-refractivity contribution in [2.75, 3.05) is 23.3 Å². The van der Waals surface area contributed by atoms with Gasteiger partial charge in [-0.3, -0.25) is 5.10 Å². The smallest absolute Gasteiger partial charge is 0.245 e. The van der Waals surface area contributed by atoms with E-state index in [1.54, 1.807) is 0 Å². The van der Waals surface area contributed by atoms with Crippen molar-refractivity contribution in [3.63, 3.8) is 0 Å². The molecule has 4 heterocycles. The van der Waals surface area contributed by atoms with Gasteiger partial charge in [0.2, 0.25) is 5.95 Å². The molecule has 0 spiro atoms. The third-order valence-electron chi connectivity index (χ3n) is 5.06. The van der Waals surface area contributed by atoms with E-state index in [2.05, 4.69) is 31.6 Å². The fraction of sp³-hybridized carbons (Fsp3) is 0.471. The lowest BCUT2D eigenvalue weighted by molar-refractivity contribution is 0.493. The maximum atomic E-state index is 6.02. The largest absolute Gasteiger partial charge is 0.339 e. The van der Waals surface area contributed by atoms with Crippen LogP contribution in [0.3, 0.4) is 0 Å². The maximum Gasteiger partial charge on any atom is 0.245 e. The van der Waals surface area contributed by atoms with Crippen molar-refractivity contribution in [1.82, 2.24) is 24.8 Å². The van der Waals surface area contributed by atoms with Crippen molar-refractivity contribution in [1.29, 1.82) is 0 Å². The Balaban J connectivity index is 1.46. The number of nitrogens with zero attached hydrogens (tertiary/aromatic N) is 5. The lowest BCUT2D eigenvalue weighted by Gasteiger charge is -2.30. The van der Waals surface area contributed by atoms with Gasteiger partial charge >= 0.3 is 0 Å². The molecule has 25 heavy (non-hydrogen) atoms. The number of H-pyrrole nitrogens is 1. The van der Waals surface area contributed by atoms with E-state index in [4.69, 9.17) is 10.7 Å². The van der Waals surface area contributed by atoms with Gasteiger partial charge in [0.25, 0.3) is 0 Å². The van der Waals surface area contributed by atoms with Gasteiger partial charge in [0, 0.05) is 43.0 Å². The second-order valence-corrected chi connectivity index (χ2v) is 7.03. The summed E-state index contributed by atoms with van der Waals surface area (Å²) < 4.78 is 1.87. The maximum absolute atomic E-state index is 6.02. The fourth-order valence-electron chi connectivity index (χ4n) is 3.37. The number of aromatic nitrogens is 5. The van der Waals surface area contributed by atoms with Crippen LogP contribution in [0.2, 0.25) is 0 Å². The van der Waals surface area contributed by atoms with E-state index in [0.717, 1.165) is 49.0 Å². The van der Waals surface area contributed by atoms with Crippen molar-refractivity contribution in [2.24, 2.45) is 5.73 Å². The summed E-state index contributed by atoms with van der Waals surface area (Å²) in [7, 11) is 0. The molecule has 0 aromatic carbocycles. The fourth-order valence-corrected chi connectivity index (χ4v) is 3.37. The van der Waals surface area contributed by atoms with Crippen LogP contribution in [-0.2, 0) is 0 Å². The molecule has 0 bridgehead atoms. The normalized spacial score (nSPS) is 18.8. The van der Waals surface area contributed by atoms with Gasteiger partial charge in [0.05, 0.1) is 0 Å². The average molecular weight is 338 g/mol. The van der Waals surface area contributed by atoms with Gasteiger partial charge in [-0.15, -0.1) is 5.10 Å². The minimum atomic E-state index is 0.286. The van der Waals surface area contributed by atoms with Crippen LogP contribution in [0.15, 0.2) is 24.4 Å². The van der Waals surface area contributed by atoms with Crippen LogP contribution in [-0.4, -0.2) is 43.9 Å². The summed E-state index contributed by atoms with van der Waals surface area (Å²) in [6.07, 6.45) is 6.39. The van der Waals surface area contributed by atoms with Crippen molar-refractivity contribution in [3.05, 3.63) is 30.1 Å². The first-order chi connectivity index (χ1) is 12.3. The van der Waals surface area contributed by atoms with Crippen LogP contribution in [0.5, 0.6) is 0 Å². The van der Waals surface area contributed by atoms with Crippen LogP contribution in [0.25, 0.3) is 5.52 Å². The zero-order valence-corrected chi connectivity index (χ0v) is 14.0. The second kappa shape index (κ2) is 5.73. The molecule has 130 valence electrons. The minimum absolute atomic E-state index is 0.286. The zero-order valence-electron chi connectivity index (χ0n) is 14.0. The molecule has 8 heteroatoms. The molecule has 1 aliphatic heterocycles. The third-order valence-corrected chi connectivity index (χ3v) is 5.06. The molecule has 8 nitrogen and oxygen atoms in total. The van der Waals surface area contributed by atoms with E-state index < -0.39 is 0 Å². The summed E-state index contributed by atoms with van der Waals surface area (Å²) in [6.45, 7) is 1.78. The zero-order chi connectivity index (χ0) is 16.8. The van der Waals surface area contributed by atoms with E-state index >= 15 is 0 Å². The summed E-state index contributed by atoms with van der Waals surface area (Å²) >= 11 is 0. The Hall–Kier alpha value is -2.61. The molecule has 2 aliphatic rings. The van der Waals surface area contributed by atoms with Gasteiger partial charge in [-0.25, -0.2) is 4.52 Å². The van der Waals surface area contributed by atoms with Crippen LogP contribution in [0, 0.1) is 0 Å². The Labute approximate surface area is 145 Å². The number of nitrogens with one attached hydrogen (secondary N) is 2. The highest BCUT2D eigenvalue weighted by Gasteiger charge is 2.26. The number of fused-ring (bicyclic) bond motifs is 1. The highest BCUT2D eigenvalue weighted by Crippen LogP contribution is 2.39. The molecule has 0 atom stereocenters. The average Bonchev–Trinajstić information content (AvgIpc) is 3.17. The van der Waals surface area contributed by atoms with Crippen molar-refractivity contribution in [2.45, 2.75) is 37.6 Å². The molecule has 2 fully saturated rings. The highest BCUT2D eigenvalue weighted by atomic mass is 15.4. The van der Waals surface area contributed by atoms with E-state index in [1.165, 1.54) is 18.5 Å². The first-order valence-electron chi connectivity index (χ1n) is 8.94. The van der Waals surface area contributed by atoms with Gasteiger partial charge in [0.1, 0.15) is 5.52 Å². The topological polar surface area (TPSA) is 100 Å². The monoisotopic (exact) mass is 338 g/mol. The number of hydrogen-bond donors (Lipinski definition) is 3. The van der Waals surface area contributed by atoms with Crippen molar-refractivity contribution < 1.29 is 0 Å². The predicted molar refractivity (Wildman–Crippen MR) is 96.3 cm³/mol. The summed E-state index contributed by atoms with van der Waals surface area (Å²) in [5.41, 5.74) is 8.16. The SMILES string of the molecule is NC1CCN(c2nc(Nc3cc(C4CC4)[nH]n3)c3cccn3n2)CC1. The summed E-state index contributed by atoms with van der Waals surface area (Å²) in [4.78, 5) is 6.98. The van der Waals surface area contributed by atoms with Crippen LogP contribution in [0.1, 0.15) is 37.3 Å². The number of rotatable bonds is 4.